The second-order valence-electron chi connectivity index (χ2n) is 5.51. The maximum Gasteiger partial charge on any atom is 0.224 e. The van der Waals surface area contributed by atoms with Crippen molar-refractivity contribution in [2.45, 2.75) is 6.42 Å². The lowest BCUT2D eigenvalue weighted by Gasteiger charge is -2.09. The van der Waals surface area contributed by atoms with Crippen LogP contribution in [-0.2, 0) is 11.2 Å². The van der Waals surface area contributed by atoms with Crippen LogP contribution >= 0.6 is 15.9 Å². The van der Waals surface area contributed by atoms with Gasteiger partial charge >= 0.3 is 0 Å². The molecule has 3 aromatic carbocycles. The van der Waals surface area contributed by atoms with Crippen LogP contribution in [0.4, 0.5) is 0 Å². The van der Waals surface area contributed by atoms with Gasteiger partial charge in [-0.05, 0) is 40.6 Å². The van der Waals surface area contributed by atoms with E-state index in [4.69, 9.17) is 4.74 Å². The zero-order chi connectivity index (χ0) is 16.8. The molecule has 0 heterocycles. The van der Waals surface area contributed by atoms with Gasteiger partial charge in [-0.3, -0.25) is 4.79 Å². The number of fused-ring (bicyclic) bond motifs is 1. The summed E-state index contributed by atoms with van der Waals surface area (Å²) in [5.41, 5.74) is 0.984. The standard InChI is InChI=1S/C20H18BrNO2/c21-18-7-3-4-15(12-18)13-20(23)22-10-11-24-19-9-8-16-5-1-2-6-17(16)14-19/h1-9,12,14H,10-11,13H2,(H,22,23). The number of hydrogen-bond donors (Lipinski definition) is 1. The number of amides is 1. The van der Waals surface area contributed by atoms with E-state index in [2.05, 4.69) is 33.4 Å². The van der Waals surface area contributed by atoms with E-state index in [1.165, 1.54) is 5.39 Å². The molecule has 0 aliphatic rings. The number of carbonyl (C=O) groups excluding carboxylic acids is 1. The van der Waals surface area contributed by atoms with Crippen molar-refractivity contribution in [2.75, 3.05) is 13.2 Å². The largest absolute Gasteiger partial charge is 0.492 e. The fourth-order valence-electron chi connectivity index (χ4n) is 2.51. The highest BCUT2D eigenvalue weighted by atomic mass is 79.9. The summed E-state index contributed by atoms with van der Waals surface area (Å²) in [5.74, 6) is 0.810. The fourth-order valence-corrected chi connectivity index (χ4v) is 2.96. The Kier molecular flexibility index (Phi) is 5.49. The molecule has 3 nitrogen and oxygen atoms in total. The molecular weight excluding hydrogens is 366 g/mol. The molecule has 0 radical (unpaired) electrons. The van der Waals surface area contributed by atoms with Crippen LogP contribution < -0.4 is 10.1 Å². The van der Waals surface area contributed by atoms with Gasteiger partial charge in [0.15, 0.2) is 0 Å². The molecule has 3 rings (SSSR count). The Labute approximate surface area is 149 Å². The number of hydrogen-bond acceptors (Lipinski definition) is 2. The lowest BCUT2D eigenvalue weighted by Crippen LogP contribution is -2.29. The summed E-state index contributed by atoms with van der Waals surface area (Å²) >= 11 is 3.41. The Morgan fingerprint density at radius 3 is 2.62 bits per heavy atom. The van der Waals surface area contributed by atoms with E-state index in [9.17, 15) is 4.79 Å². The normalized spacial score (nSPS) is 10.5. The molecule has 0 aliphatic carbocycles. The first kappa shape index (κ1) is 16.5. The smallest absolute Gasteiger partial charge is 0.224 e. The number of halogens is 1. The number of nitrogens with one attached hydrogen (secondary N) is 1. The number of rotatable bonds is 6. The van der Waals surface area contributed by atoms with E-state index < -0.39 is 0 Å². The fraction of sp³-hybridized carbons (Fsp3) is 0.150. The van der Waals surface area contributed by atoms with Gasteiger partial charge in [0.05, 0.1) is 13.0 Å². The van der Waals surface area contributed by atoms with E-state index >= 15 is 0 Å². The topological polar surface area (TPSA) is 38.3 Å². The zero-order valence-electron chi connectivity index (χ0n) is 13.2. The van der Waals surface area contributed by atoms with Crippen molar-refractivity contribution in [3.63, 3.8) is 0 Å². The Morgan fingerprint density at radius 2 is 1.79 bits per heavy atom. The summed E-state index contributed by atoms with van der Waals surface area (Å²) in [7, 11) is 0. The Morgan fingerprint density at radius 1 is 0.958 bits per heavy atom. The summed E-state index contributed by atoms with van der Waals surface area (Å²) in [6.45, 7) is 0.933. The van der Waals surface area contributed by atoms with Crippen LogP contribution in [0.2, 0.25) is 0 Å². The van der Waals surface area contributed by atoms with Gasteiger partial charge in [-0.15, -0.1) is 0 Å². The van der Waals surface area contributed by atoms with Gasteiger partial charge < -0.3 is 10.1 Å². The van der Waals surface area contributed by atoms with Crippen LogP contribution in [0.3, 0.4) is 0 Å². The van der Waals surface area contributed by atoms with Crippen molar-refractivity contribution < 1.29 is 9.53 Å². The molecule has 3 aromatic rings. The summed E-state index contributed by atoms with van der Waals surface area (Å²) in [6, 6.07) is 21.9. The predicted octanol–water partition coefficient (Wildman–Crippen LogP) is 4.34. The third-order valence-corrected chi connectivity index (χ3v) is 4.16. The molecule has 4 heteroatoms. The first-order chi connectivity index (χ1) is 11.7. The van der Waals surface area contributed by atoms with Crippen LogP contribution in [0, 0.1) is 0 Å². The molecule has 0 aliphatic heterocycles. The molecule has 24 heavy (non-hydrogen) atoms. The molecule has 0 unspecified atom stereocenters. The molecule has 1 amide bonds. The van der Waals surface area contributed by atoms with Gasteiger partial charge in [0.2, 0.25) is 5.91 Å². The van der Waals surface area contributed by atoms with Crippen LogP contribution in [0.1, 0.15) is 5.56 Å². The van der Waals surface area contributed by atoms with Gasteiger partial charge in [-0.2, -0.15) is 0 Å². The third kappa shape index (κ3) is 4.59. The number of carbonyl (C=O) groups is 1. The summed E-state index contributed by atoms with van der Waals surface area (Å²) in [6.07, 6.45) is 0.370. The second-order valence-corrected chi connectivity index (χ2v) is 6.43. The molecule has 0 bridgehead atoms. The summed E-state index contributed by atoms with van der Waals surface area (Å²) in [5, 5.41) is 5.21. The lowest BCUT2D eigenvalue weighted by molar-refractivity contribution is -0.120. The average molecular weight is 384 g/mol. The van der Waals surface area contributed by atoms with Crippen LogP contribution in [0.5, 0.6) is 5.75 Å². The second kappa shape index (κ2) is 7.97. The minimum atomic E-state index is -0.00443. The predicted molar refractivity (Wildman–Crippen MR) is 100 cm³/mol. The lowest BCUT2D eigenvalue weighted by atomic mass is 10.1. The summed E-state index contributed by atoms with van der Waals surface area (Å²) < 4.78 is 6.69. The molecule has 122 valence electrons. The maximum absolute atomic E-state index is 11.9. The number of ether oxygens (including phenoxy) is 1. The molecule has 0 spiro atoms. The van der Waals surface area contributed by atoms with Gasteiger partial charge in [-0.1, -0.05) is 58.4 Å². The van der Waals surface area contributed by atoms with Crippen molar-refractivity contribution >= 4 is 32.6 Å². The minimum absolute atomic E-state index is 0.00443. The zero-order valence-corrected chi connectivity index (χ0v) is 14.8. The van der Waals surface area contributed by atoms with Crippen molar-refractivity contribution in [1.82, 2.24) is 5.32 Å². The summed E-state index contributed by atoms with van der Waals surface area (Å²) in [4.78, 5) is 11.9. The first-order valence-electron chi connectivity index (χ1n) is 7.83. The highest BCUT2D eigenvalue weighted by Crippen LogP contribution is 2.20. The Balaban J connectivity index is 1.45. The van der Waals surface area contributed by atoms with E-state index in [1.54, 1.807) is 0 Å². The van der Waals surface area contributed by atoms with E-state index in [-0.39, 0.29) is 5.91 Å². The molecular formula is C20H18BrNO2. The van der Waals surface area contributed by atoms with E-state index in [0.717, 1.165) is 21.2 Å². The SMILES string of the molecule is O=C(Cc1cccc(Br)c1)NCCOc1ccc2ccccc2c1. The first-order valence-corrected chi connectivity index (χ1v) is 8.63. The quantitative estimate of drug-likeness (QED) is 0.642. The number of benzene rings is 3. The van der Waals surface area contributed by atoms with E-state index in [1.807, 2.05) is 54.6 Å². The highest BCUT2D eigenvalue weighted by Gasteiger charge is 2.03. The van der Waals surface area contributed by atoms with Crippen LogP contribution in [0.25, 0.3) is 10.8 Å². The van der Waals surface area contributed by atoms with Gasteiger partial charge in [0, 0.05) is 4.47 Å². The Hall–Kier alpha value is -2.33. The molecule has 1 N–H and O–H groups in total. The molecule has 0 saturated carbocycles. The van der Waals surface area contributed by atoms with Crippen LogP contribution in [-0.4, -0.2) is 19.1 Å². The molecule has 0 saturated heterocycles. The van der Waals surface area contributed by atoms with Crippen molar-refractivity contribution in [3.8, 4) is 5.75 Å². The minimum Gasteiger partial charge on any atom is -0.492 e. The monoisotopic (exact) mass is 383 g/mol. The van der Waals surface area contributed by atoms with Crippen molar-refractivity contribution in [1.29, 1.82) is 0 Å². The van der Waals surface area contributed by atoms with E-state index in [0.29, 0.717) is 19.6 Å². The molecule has 0 aromatic heterocycles. The van der Waals surface area contributed by atoms with Crippen molar-refractivity contribution in [3.05, 3.63) is 76.8 Å². The average Bonchev–Trinajstić information content (AvgIpc) is 2.58. The van der Waals surface area contributed by atoms with Gasteiger partial charge in [-0.25, -0.2) is 0 Å². The molecule has 0 atom stereocenters. The molecule has 0 fully saturated rings. The van der Waals surface area contributed by atoms with Gasteiger partial charge in [0.25, 0.3) is 0 Å². The van der Waals surface area contributed by atoms with Crippen LogP contribution in [0.15, 0.2) is 71.2 Å². The Bertz CT molecular complexity index is 848. The maximum atomic E-state index is 11.9. The van der Waals surface area contributed by atoms with Crippen molar-refractivity contribution in [2.24, 2.45) is 0 Å². The van der Waals surface area contributed by atoms with Gasteiger partial charge in [0.1, 0.15) is 12.4 Å². The third-order valence-electron chi connectivity index (χ3n) is 3.67. The highest BCUT2D eigenvalue weighted by molar-refractivity contribution is 9.10.